The third kappa shape index (κ3) is 3.89. The molecule has 2 rings (SSSR count). The minimum Gasteiger partial charge on any atom is -0.494 e. The van der Waals surface area contributed by atoms with Crippen LogP contribution in [0, 0.1) is 5.82 Å². The van der Waals surface area contributed by atoms with E-state index in [-0.39, 0.29) is 15.8 Å². The van der Waals surface area contributed by atoms with Crippen molar-refractivity contribution in [2.24, 2.45) is 5.73 Å². The predicted octanol–water partition coefficient (Wildman–Crippen LogP) is 2.04. The molecule has 0 unspecified atom stereocenters. The minimum absolute atomic E-state index is 0.128. The van der Waals surface area contributed by atoms with Crippen molar-refractivity contribution in [3.63, 3.8) is 0 Å². The fraction of sp³-hybridized carbons (Fsp3) is 0.0714. The van der Waals surface area contributed by atoms with Gasteiger partial charge in [-0.1, -0.05) is 17.4 Å². The molecule has 0 radical (unpaired) electrons. The molecule has 6 nitrogen and oxygen atoms in total. The summed E-state index contributed by atoms with van der Waals surface area (Å²) in [6, 6.07) is 4.32. The largest absolute Gasteiger partial charge is 0.494 e. The first-order valence-electron chi connectivity index (χ1n) is 6.08. The standard InChI is InChI=1S/C14H12FN3O3S/c1-21-10-4-2-8(6-9(10)15)3-5-12(19)18-14-17-7-11(22-14)13(16)20/h2-7H,1H3,(H2,16,20)(H,17,18,19)/b5-3+. The third-order valence-corrected chi connectivity index (χ3v) is 3.51. The van der Waals surface area contributed by atoms with E-state index in [4.69, 9.17) is 10.5 Å². The second-order valence-corrected chi connectivity index (χ2v) is 5.14. The lowest BCUT2D eigenvalue weighted by molar-refractivity contribution is -0.111. The Labute approximate surface area is 129 Å². The number of nitrogens with zero attached hydrogens (tertiary/aromatic N) is 1. The summed E-state index contributed by atoms with van der Waals surface area (Å²) in [5.41, 5.74) is 5.59. The quantitative estimate of drug-likeness (QED) is 0.824. The molecule has 3 N–H and O–H groups in total. The summed E-state index contributed by atoms with van der Waals surface area (Å²) in [6.45, 7) is 0. The van der Waals surface area contributed by atoms with E-state index in [2.05, 4.69) is 10.3 Å². The lowest BCUT2D eigenvalue weighted by atomic mass is 10.2. The van der Waals surface area contributed by atoms with Crippen molar-refractivity contribution < 1.29 is 18.7 Å². The number of benzene rings is 1. The van der Waals surface area contributed by atoms with Gasteiger partial charge in [-0.05, 0) is 23.8 Å². The zero-order valence-electron chi connectivity index (χ0n) is 11.5. The zero-order valence-corrected chi connectivity index (χ0v) is 12.3. The summed E-state index contributed by atoms with van der Waals surface area (Å²) in [4.78, 5) is 26.7. The average molecular weight is 321 g/mol. The summed E-state index contributed by atoms with van der Waals surface area (Å²) in [7, 11) is 1.37. The fourth-order valence-electron chi connectivity index (χ4n) is 1.55. The number of amides is 2. The molecule has 1 aromatic heterocycles. The number of rotatable bonds is 5. The molecular formula is C14H12FN3O3S. The summed E-state index contributed by atoms with van der Waals surface area (Å²) in [5.74, 6) is -1.46. The molecule has 22 heavy (non-hydrogen) atoms. The molecular weight excluding hydrogens is 309 g/mol. The number of thiazole rings is 1. The van der Waals surface area contributed by atoms with Gasteiger partial charge in [-0.2, -0.15) is 0 Å². The number of methoxy groups -OCH3 is 1. The Balaban J connectivity index is 2.01. The highest BCUT2D eigenvalue weighted by atomic mass is 32.1. The molecule has 0 fully saturated rings. The van der Waals surface area contributed by atoms with E-state index < -0.39 is 17.6 Å². The van der Waals surface area contributed by atoms with E-state index >= 15 is 0 Å². The van der Waals surface area contributed by atoms with Crippen LogP contribution < -0.4 is 15.8 Å². The van der Waals surface area contributed by atoms with Crippen LogP contribution in [0.1, 0.15) is 15.2 Å². The lowest BCUT2D eigenvalue weighted by Gasteiger charge is -2.01. The number of anilines is 1. The van der Waals surface area contributed by atoms with Gasteiger partial charge in [-0.15, -0.1) is 0 Å². The summed E-state index contributed by atoms with van der Waals surface area (Å²) in [5, 5.41) is 2.73. The molecule has 114 valence electrons. The van der Waals surface area contributed by atoms with Crippen LogP contribution in [0.25, 0.3) is 6.08 Å². The minimum atomic E-state index is -0.609. The highest BCUT2D eigenvalue weighted by Gasteiger charge is 2.08. The number of nitrogens with one attached hydrogen (secondary N) is 1. The van der Waals surface area contributed by atoms with Crippen LogP contribution in [-0.4, -0.2) is 23.9 Å². The van der Waals surface area contributed by atoms with Crippen molar-refractivity contribution in [3.8, 4) is 5.75 Å². The van der Waals surface area contributed by atoms with E-state index in [0.717, 1.165) is 11.3 Å². The molecule has 0 aliphatic carbocycles. The van der Waals surface area contributed by atoms with Gasteiger partial charge in [0.05, 0.1) is 13.3 Å². The maximum atomic E-state index is 13.5. The molecule has 0 atom stereocenters. The number of halogens is 1. The van der Waals surface area contributed by atoms with E-state index in [1.165, 1.54) is 37.6 Å². The van der Waals surface area contributed by atoms with Crippen molar-refractivity contribution >= 4 is 34.4 Å². The predicted molar refractivity (Wildman–Crippen MR) is 81.2 cm³/mol. The van der Waals surface area contributed by atoms with Crippen molar-refractivity contribution in [2.45, 2.75) is 0 Å². The van der Waals surface area contributed by atoms with Gasteiger partial charge in [0, 0.05) is 6.08 Å². The van der Waals surface area contributed by atoms with Gasteiger partial charge in [0.2, 0.25) is 5.91 Å². The van der Waals surface area contributed by atoms with Gasteiger partial charge in [0.25, 0.3) is 5.91 Å². The van der Waals surface area contributed by atoms with Gasteiger partial charge < -0.3 is 10.5 Å². The number of aromatic nitrogens is 1. The van der Waals surface area contributed by atoms with Crippen LogP contribution in [0.5, 0.6) is 5.75 Å². The molecule has 0 aliphatic heterocycles. The number of nitrogens with two attached hydrogens (primary N) is 1. The zero-order chi connectivity index (χ0) is 16.1. The maximum Gasteiger partial charge on any atom is 0.260 e. The molecule has 1 heterocycles. The van der Waals surface area contributed by atoms with Crippen LogP contribution in [-0.2, 0) is 4.79 Å². The summed E-state index contributed by atoms with van der Waals surface area (Å²) in [6.07, 6.45) is 3.96. The normalized spacial score (nSPS) is 10.6. The fourth-order valence-corrected chi connectivity index (χ4v) is 2.22. The van der Waals surface area contributed by atoms with E-state index in [0.29, 0.717) is 5.56 Å². The van der Waals surface area contributed by atoms with E-state index in [1.54, 1.807) is 6.07 Å². The first kappa shape index (κ1) is 15.6. The van der Waals surface area contributed by atoms with Crippen LogP contribution in [0.4, 0.5) is 9.52 Å². The smallest absolute Gasteiger partial charge is 0.260 e. The van der Waals surface area contributed by atoms with Gasteiger partial charge >= 0.3 is 0 Å². The Kier molecular flexibility index (Phi) is 4.84. The number of primary amides is 1. The van der Waals surface area contributed by atoms with Crippen LogP contribution in [0.2, 0.25) is 0 Å². The Morgan fingerprint density at radius 2 is 2.23 bits per heavy atom. The lowest BCUT2D eigenvalue weighted by Crippen LogP contribution is -2.08. The van der Waals surface area contributed by atoms with E-state index in [9.17, 15) is 14.0 Å². The van der Waals surface area contributed by atoms with E-state index in [1.807, 2.05) is 0 Å². The molecule has 2 amide bonds. The van der Waals surface area contributed by atoms with Crippen molar-refractivity contribution in [1.82, 2.24) is 4.98 Å². The van der Waals surface area contributed by atoms with Gasteiger partial charge in [0.1, 0.15) is 4.88 Å². The molecule has 0 aliphatic rings. The van der Waals surface area contributed by atoms with Gasteiger partial charge in [-0.25, -0.2) is 9.37 Å². The second-order valence-electron chi connectivity index (χ2n) is 4.11. The van der Waals surface area contributed by atoms with Crippen molar-refractivity contribution in [3.05, 3.63) is 46.7 Å². The Morgan fingerprint density at radius 1 is 1.45 bits per heavy atom. The average Bonchev–Trinajstić information content (AvgIpc) is 2.94. The monoisotopic (exact) mass is 321 g/mol. The topological polar surface area (TPSA) is 94.3 Å². The van der Waals surface area contributed by atoms with Crippen molar-refractivity contribution in [2.75, 3.05) is 12.4 Å². The summed E-state index contributed by atoms with van der Waals surface area (Å²) >= 11 is 0.970. The van der Waals surface area contributed by atoms with Crippen LogP contribution in [0.15, 0.2) is 30.5 Å². The highest BCUT2D eigenvalue weighted by molar-refractivity contribution is 7.17. The SMILES string of the molecule is COc1ccc(/C=C/C(=O)Nc2ncc(C(N)=O)s2)cc1F. The van der Waals surface area contributed by atoms with Gasteiger partial charge in [0.15, 0.2) is 16.7 Å². The molecule has 0 saturated carbocycles. The number of ether oxygens (including phenoxy) is 1. The van der Waals surface area contributed by atoms with Crippen LogP contribution in [0.3, 0.4) is 0 Å². The molecule has 0 spiro atoms. The first-order chi connectivity index (χ1) is 10.5. The highest BCUT2D eigenvalue weighted by Crippen LogP contribution is 2.19. The number of hydrogen-bond acceptors (Lipinski definition) is 5. The molecule has 0 bridgehead atoms. The van der Waals surface area contributed by atoms with Gasteiger partial charge in [-0.3, -0.25) is 14.9 Å². The molecule has 2 aromatic rings. The molecule has 8 heteroatoms. The Morgan fingerprint density at radius 3 is 2.82 bits per heavy atom. The molecule has 0 saturated heterocycles. The van der Waals surface area contributed by atoms with Crippen molar-refractivity contribution in [1.29, 1.82) is 0 Å². The third-order valence-electron chi connectivity index (χ3n) is 2.58. The number of carbonyl (C=O) groups excluding carboxylic acids is 2. The van der Waals surface area contributed by atoms with Crippen LogP contribution >= 0.6 is 11.3 Å². The first-order valence-corrected chi connectivity index (χ1v) is 6.89. The number of carbonyl (C=O) groups is 2. The Bertz CT molecular complexity index is 743. The summed E-state index contributed by atoms with van der Waals surface area (Å²) < 4.78 is 18.3. The molecule has 1 aromatic carbocycles. The second kappa shape index (κ2) is 6.81. The maximum absolute atomic E-state index is 13.5. The number of hydrogen-bond donors (Lipinski definition) is 2. The Hall–Kier alpha value is -2.74.